The van der Waals surface area contributed by atoms with Crippen LogP contribution in [0.3, 0.4) is 0 Å². The van der Waals surface area contributed by atoms with Gasteiger partial charge < -0.3 is 20.5 Å². The Morgan fingerprint density at radius 3 is 1.37 bits per heavy atom. The van der Waals surface area contributed by atoms with Crippen LogP contribution in [0.1, 0.15) is 98.5 Å². The number of aryl methyl sites for hydroxylation is 10. The molecule has 20 heteroatoms. The second-order valence-corrected chi connectivity index (χ2v) is 20.7. The van der Waals surface area contributed by atoms with Crippen LogP contribution in [0.5, 0.6) is 11.5 Å². The van der Waals surface area contributed by atoms with Gasteiger partial charge in [-0.15, -0.1) is 0 Å². The molecule has 0 spiro atoms. The Hall–Kier alpha value is -8.81. The highest BCUT2D eigenvalue weighted by Crippen LogP contribution is 2.36. The summed E-state index contributed by atoms with van der Waals surface area (Å²) in [5, 5.41) is 35.5. The minimum absolute atomic E-state index is 0.0295. The summed E-state index contributed by atoms with van der Waals surface area (Å²) >= 11 is 5.61. The lowest BCUT2D eigenvalue weighted by atomic mass is 10.1. The van der Waals surface area contributed by atoms with E-state index in [-0.39, 0.29) is 38.5 Å². The molecule has 3 N–H and O–H groups in total. The molecule has 0 bridgehead atoms. The molecule has 0 amide bonds. The molecule has 0 saturated carbocycles. The number of nitro benzene ring substituents is 3. The Morgan fingerprint density at radius 2 is 0.933 bits per heavy atom. The van der Waals surface area contributed by atoms with Crippen LogP contribution < -0.4 is 20.5 Å². The molecule has 8 aromatic carbocycles. The fraction of sp³-hybridized carbons (Fsp3) is 0.304. The molecule has 0 atom stereocenters. The van der Waals surface area contributed by atoms with Crippen LogP contribution in [0.4, 0.5) is 49.1 Å². The second kappa shape index (κ2) is 40.6. The van der Waals surface area contributed by atoms with Crippen molar-refractivity contribution in [1.29, 1.82) is 0 Å². The number of methoxy groups -OCH3 is 1. The van der Waals surface area contributed by atoms with E-state index >= 15 is 0 Å². The zero-order valence-corrected chi connectivity index (χ0v) is 53.5. The zero-order valence-electron chi connectivity index (χ0n) is 52.7. The van der Waals surface area contributed by atoms with Crippen LogP contribution >= 0.6 is 11.6 Å². The van der Waals surface area contributed by atoms with Gasteiger partial charge in [-0.3, -0.25) is 30.3 Å². The number of unbranched alkanes of at least 4 members (excludes halogenated alkanes) is 2. The molecular formula is C69H82ClF6N5O8. The van der Waals surface area contributed by atoms with Gasteiger partial charge in [0.25, 0.3) is 11.4 Å². The number of alkyl halides is 6. The number of nitro groups is 3. The molecule has 480 valence electrons. The van der Waals surface area contributed by atoms with Gasteiger partial charge in [-0.25, -0.2) is 0 Å². The lowest BCUT2D eigenvalue weighted by molar-refractivity contribution is -0.386. The van der Waals surface area contributed by atoms with Crippen molar-refractivity contribution in [3.63, 3.8) is 0 Å². The van der Waals surface area contributed by atoms with Gasteiger partial charge in [0, 0.05) is 46.6 Å². The lowest BCUT2D eigenvalue weighted by Crippen LogP contribution is -2.11. The molecule has 0 aliphatic carbocycles. The molecule has 0 radical (unpaired) electrons. The lowest BCUT2D eigenvalue weighted by Gasteiger charge is -2.12. The Kier molecular flexibility index (Phi) is 35.7. The van der Waals surface area contributed by atoms with Gasteiger partial charge in [0.15, 0.2) is 5.75 Å². The van der Waals surface area contributed by atoms with E-state index in [1.54, 1.807) is 64.3 Å². The SMILES string of the molecule is CCOc1ccc(C)cc1[N+](=O)[O-].COc1ccccc1C.Cc1cc(C(F)(F)F)cc(C(F)(F)F)c1.Cc1ccc(C)c(NCCCCCN)c1.Cc1ccc(Cl)cc1.Cc1cccc(C)c1.Cc1cccc([N+](=O)[O-])c1C.Cc1ccccc1[N+](=O)[O-]. The van der Waals surface area contributed by atoms with Crippen LogP contribution in [0, 0.1) is 107 Å². The number of hydrogen-bond acceptors (Lipinski definition) is 10. The number of benzene rings is 8. The summed E-state index contributed by atoms with van der Waals surface area (Å²) in [5.41, 5.74) is 15.5. The van der Waals surface area contributed by atoms with Crippen LogP contribution in [-0.2, 0) is 12.4 Å². The third-order valence-electron chi connectivity index (χ3n) is 12.5. The fourth-order valence-corrected chi connectivity index (χ4v) is 7.71. The van der Waals surface area contributed by atoms with E-state index in [2.05, 4.69) is 75.5 Å². The Morgan fingerprint density at radius 1 is 0.461 bits per heavy atom. The summed E-state index contributed by atoms with van der Waals surface area (Å²) in [6, 6.07) is 48.8. The number of para-hydroxylation sites is 2. The van der Waals surface area contributed by atoms with Crippen molar-refractivity contribution in [2.45, 2.75) is 115 Å². The molecule has 0 aliphatic rings. The molecule has 0 aliphatic heterocycles. The van der Waals surface area contributed by atoms with E-state index in [1.165, 1.54) is 77.0 Å². The van der Waals surface area contributed by atoms with Crippen molar-refractivity contribution in [2.75, 3.05) is 32.1 Å². The van der Waals surface area contributed by atoms with Gasteiger partial charge >= 0.3 is 18.0 Å². The minimum Gasteiger partial charge on any atom is -0.496 e. The fourth-order valence-electron chi connectivity index (χ4n) is 7.58. The maximum absolute atomic E-state index is 12.2. The van der Waals surface area contributed by atoms with E-state index < -0.39 is 28.4 Å². The maximum atomic E-state index is 12.2. The summed E-state index contributed by atoms with van der Waals surface area (Å²) in [4.78, 5) is 30.0. The summed E-state index contributed by atoms with van der Waals surface area (Å²) in [7, 11) is 1.68. The largest absolute Gasteiger partial charge is 0.496 e. The van der Waals surface area contributed by atoms with Crippen LogP contribution in [0.15, 0.2) is 170 Å². The van der Waals surface area contributed by atoms with Crippen molar-refractivity contribution in [3.8, 4) is 11.5 Å². The molecule has 8 rings (SSSR count). The first-order valence-electron chi connectivity index (χ1n) is 28.2. The van der Waals surface area contributed by atoms with E-state index in [9.17, 15) is 56.7 Å². The first-order valence-corrected chi connectivity index (χ1v) is 28.5. The predicted octanol–water partition coefficient (Wildman–Crippen LogP) is 20.2. The highest BCUT2D eigenvalue weighted by Gasteiger charge is 2.36. The van der Waals surface area contributed by atoms with Crippen LogP contribution in [-0.4, -0.2) is 41.6 Å². The van der Waals surface area contributed by atoms with Gasteiger partial charge in [-0.05, 0) is 184 Å². The third kappa shape index (κ3) is 32.1. The summed E-state index contributed by atoms with van der Waals surface area (Å²) in [6.45, 7) is 25.0. The molecule has 0 unspecified atom stereocenters. The van der Waals surface area contributed by atoms with Crippen LogP contribution in [0.25, 0.3) is 0 Å². The van der Waals surface area contributed by atoms with Crippen molar-refractivity contribution in [2.24, 2.45) is 5.73 Å². The smallest absolute Gasteiger partial charge is 0.416 e. The van der Waals surface area contributed by atoms with Crippen molar-refractivity contribution in [1.82, 2.24) is 0 Å². The average molecular weight is 1260 g/mol. The first kappa shape index (κ1) is 78.2. The second-order valence-electron chi connectivity index (χ2n) is 20.3. The number of halogens is 7. The first-order chi connectivity index (χ1) is 41.7. The molecule has 89 heavy (non-hydrogen) atoms. The number of rotatable bonds is 12. The number of anilines is 1. The maximum Gasteiger partial charge on any atom is 0.416 e. The Balaban J connectivity index is 0.000000514. The number of nitrogens with two attached hydrogens (primary N) is 1. The van der Waals surface area contributed by atoms with Crippen LogP contribution in [0.2, 0.25) is 5.02 Å². The molecule has 0 aromatic heterocycles. The van der Waals surface area contributed by atoms with Gasteiger partial charge in [0.2, 0.25) is 0 Å². The van der Waals surface area contributed by atoms with Gasteiger partial charge in [-0.2, -0.15) is 26.3 Å². The van der Waals surface area contributed by atoms with E-state index in [0.29, 0.717) is 30.1 Å². The standard InChI is InChI=1S/C13H22N2.C9H6F6.C9H11NO3.C8H9NO2.C8H10O.C8H10.C7H7Cl.C7H7NO2/c1-11-6-7-12(2)13(10-11)15-9-5-3-4-8-14;1-5-2-6(8(10,11)12)4-7(3-5)9(13,14)15;1-3-13-9-5-4-7(2)6-8(9)10(11)12;1-6-4-3-5-8(7(6)2)9(10)11;1-7-5-3-4-6-8(7)9-2;1-7-4-3-5-8(2)6-7;1-6-2-4-7(8)5-3-6;1-6-4-2-3-5-7(6)8(9)10/h6-7,10,15H,3-5,8-9,14H2,1-2H3;2-4H,1H3;4-6H,3H2,1-2H3;3-5H,1-2H3;3-6H,1-2H3;3-6H,1-2H3;2-5H,1H3;2-5H,1H3. The normalized spacial score (nSPS) is 10.2. The van der Waals surface area contributed by atoms with Gasteiger partial charge in [-0.1, -0.05) is 138 Å². The molecular weight excluding hydrogens is 1180 g/mol. The minimum atomic E-state index is -4.76. The van der Waals surface area contributed by atoms with E-state index in [1.807, 2.05) is 82.3 Å². The van der Waals surface area contributed by atoms with Gasteiger partial charge in [0.1, 0.15) is 5.75 Å². The monoisotopic (exact) mass is 1260 g/mol. The quantitative estimate of drug-likeness (QED) is 0.0516. The summed E-state index contributed by atoms with van der Waals surface area (Å²) < 4.78 is 83.2. The van der Waals surface area contributed by atoms with Gasteiger partial charge in [0.05, 0.1) is 39.6 Å². The molecule has 0 heterocycles. The van der Waals surface area contributed by atoms with Crippen molar-refractivity contribution in [3.05, 3.63) is 278 Å². The Labute approximate surface area is 524 Å². The number of ether oxygens (including phenoxy) is 2. The molecule has 0 fully saturated rings. The van der Waals surface area contributed by atoms with Crippen molar-refractivity contribution < 1.29 is 50.6 Å². The summed E-state index contributed by atoms with van der Waals surface area (Å²) in [5.74, 6) is 1.29. The molecule has 8 aromatic rings. The third-order valence-corrected chi connectivity index (χ3v) is 12.8. The number of nitrogens with one attached hydrogen (secondary N) is 1. The molecule has 0 saturated heterocycles. The number of hydrogen-bond donors (Lipinski definition) is 2. The average Bonchev–Trinajstić information content (AvgIpc) is 3.57. The highest BCUT2D eigenvalue weighted by atomic mass is 35.5. The zero-order chi connectivity index (χ0) is 67.4. The highest BCUT2D eigenvalue weighted by molar-refractivity contribution is 6.30. The van der Waals surface area contributed by atoms with Crippen molar-refractivity contribution >= 4 is 34.4 Å². The topological polar surface area (TPSA) is 186 Å². The van der Waals surface area contributed by atoms with E-state index in [0.717, 1.165) is 47.0 Å². The van der Waals surface area contributed by atoms with E-state index in [4.69, 9.17) is 26.8 Å². The Bertz CT molecular complexity index is 3370. The predicted molar refractivity (Wildman–Crippen MR) is 348 cm³/mol. The summed E-state index contributed by atoms with van der Waals surface area (Å²) in [6.07, 6.45) is -5.97. The molecule has 13 nitrogen and oxygen atoms in total. The number of nitrogens with zero attached hydrogens (tertiary/aromatic N) is 3.